The Balaban J connectivity index is 1.36. The number of aliphatic imine (C=N–C) groups is 1. The van der Waals surface area contributed by atoms with Crippen molar-refractivity contribution in [3.8, 4) is 11.1 Å². The van der Waals surface area contributed by atoms with Crippen molar-refractivity contribution in [3.05, 3.63) is 124 Å². The van der Waals surface area contributed by atoms with Crippen LogP contribution in [-0.4, -0.2) is 22.8 Å². The quantitative estimate of drug-likeness (QED) is 0.0827. The molecule has 0 aliphatic heterocycles. The standard InChI is InChI=1S/C35H33N5O3/c36-35(39-37)38-33(42)25-15-13-22(14-16-25)21-40(26-19-17-24(18-20-26)23-7-2-1-3-8-23)34(43)30-12-6-11-29-31(30)27-9-4-5-10-28(27)32(29)41/h4-6,9-20,23,34,37,43H,1-3,7-8,21H2,(H2,36,38,42). The van der Waals surface area contributed by atoms with Gasteiger partial charge >= 0.3 is 0 Å². The summed E-state index contributed by atoms with van der Waals surface area (Å²) in [6, 6.07) is 28.4. The van der Waals surface area contributed by atoms with E-state index >= 15 is 0 Å². The highest BCUT2D eigenvalue weighted by molar-refractivity contribution is 6.22. The van der Waals surface area contributed by atoms with Gasteiger partial charge in [0.05, 0.1) is 0 Å². The monoisotopic (exact) mass is 571 g/mol. The van der Waals surface area contributed by atoms with Crippen molar-refractivity contribution in [2.75, 3.05) is 4.90 Å². The predicted molar refractivity (Wildman–Crippen MR) is 166 cm³/mol. The van der Waals surface area contributed by atoms with E-state index < -0.39 is 18.1 Å². The summed E-state index contributed by atoms with van der Waals surface area (Å²) in [5.41, 5.74) is 19.1. The molecule has 1 saturated carbocycles. The number of carbonyl (C=O) groups is 2. The number of amides is 1. The summed E-state index contributed by atoms with van der Waals surface area (Å²) in [5.74, 6) is -0.468. The number of hydrogen-bond acceptors (Lipinski definition) is 5. The molecule has 4 aromatic rings. The van der Waals surface area contributed by atoms with Crippen molar-refractivity contribution in [1.29, 1.82) is 5.53 Å². The molecule has 0 bridgehead atoms. The van der Waals surface area contributed by atoms with Gasteiger partial charge in [0, 0.05) is 40.0 Å². The molecule has 2 aliphatic rings. The van der Waals surface area contributed by atoms with Gasteiger partial charge in [-0.1, -0.05) is 86.0 Å². The minimum Gasteiger partial charge on any atom is -0.369 e. The lowest BCUT2D eigenvalue weighted by Gasteiger charge is -2.32. The Hall–Kier alpha value is -4.95. The molecule has 2 aliphatic carbocycles. The van der Waals surface area contributed by atoms with Crippen LogP contribution in [0.25, 0.3) is 11.1 Å². The van der Waals surface area contributed by atoms with Crippen molar-refractivity contribution < 1.29 is 14.7 Å². The Morgan fingerprint density at radius 2 is 1.56 bits per heavy atom. The van der Waals surface area contributed by atoms with Crippen LogP contribution >= 0.6 is 0 Å². The van der Waals surface area contributed by atoms with E-state index in [9.17, 15) is 14.7 Å². The Kier molecular flexibility index (Phi) is 7.94. The van der Waals surface area contributed by atoms with Crippen molar-refractivity contribution in [3.63, 3.8) is 0 Å². The summed E-state index contributed by atoms with van der Waals surface area (Å²) in [7, 11) is 0. The first-order valence-electron chi connectivity index (χ1n) is 14.6. The third-order valence-corrected chi connectivity index (χ3v) is 8.54. The summed E-state index contributed by atoms with van der Waals surface area (Å²) in [6.07, 6.45) is 5.15. The molecule has 43 heavy (non-hydrogen) atoms. The van der Waals surface area contributed by atoms with Crippen LogP contribution in [0.2, 0.25) is 0 Å². The number of hydrogen-bond donors (Lipinski definition) is 3. The smallest absolute Gasteiger partial charge is 0.280 e. The minimum atomic E-state index is -1.06. The Morgan fingerprint density at radius 3 is 2.26 bits per heavy atom. The number of nitrogens with two attached hydrogens (primary N) is 1. The number of nitrogens with one attached hydrogen (secondary N) is 1. The molecular weight excluding hydrogens is 538 g/mol. The molecule has 216 valence electrons. The summed E-state index contributed by atoms with van der Waals surface area (Å²) >= 11 is 0. The van der Waals surface area contributed by atoms with Gasteiger partial charge in [0.1, 0.15) is 0 Å². The normalized spacial score (nSPS) is 15.5. The lowest BCUT2D eigenvalue weighted by molar-refractivity contribution is 0.100. The number of nitrogens with zero attached hydrogens (tertiary/aromatic N) is 3. The molecule has 0 aromatic heterocycles. The van der Waals surface area contributed by atoms with E-state index in [1.807, 2.05) is 47.4 Å². The largest absolute Gasteiger partial charge is 0.369 e. The maximum absolute atomic E-state index is 13.2. The number of fused-ring (bicyclic) bond motifs is 3. The molecule has 6 rings (SSSR count). The van der Waals surface area contributed by atoms with Crippen LogP contribution < -0.4 is 10.6 Å². The minimum absolute atomic E-state index is 0.0372. The molecule has 0 spiro atoms. The molecular formula is C35H33N5O3. The summed E-state index contributed by atoms with van der Waals surface area (Å²) < 4.78 is 0. The first kappa shape index (κ1) is 28.2. The fourth-order valence-corrected chi connectivity index (χ4v) is 6.32. The highest BCUT2D eigenvalue weighted by Crippen LogP contribution is 2.43. The lowest BCUT2D eigenvalue weighted by Crippen LogP contribution is -2.28. The van der Waals surface area contributed by atoms with Gasteiger partial charge in [0.25, 0.3) is 5.91 Å². The SMILES string of the molecule is N=NC(N)=NC(=O)c1ccc(CN(c2ccc(C3CCCCC3)cc2)C(O)c2cccc3c2-c2ccccc2C3=O)cc1. The average Bonchev–Trinajstić information content (AvgIpc) is 3.35. The summed E-state index contributed by atoms with van der Waals surface area (Å²) in [6.45, 7) is 0.338. The third-order valence-electron chi connectivity index (χ3n) is 8.54. The second-order valence-corrected chi connectivity index (χ2v) is 11.2. The van der Waals surface area contributed by atoms with Crippen molar-refractivity contribution in [1.82, 2.24) is 0 Å². The Bertz CT molecular complexity index is 1710. The van der Waals surface area contributed by atoms with Gasteiger partial charge in [-0.05, 0) is 59.7 Å². The number of aliphatic hydroxyl groups is 1. The molecule has 8 nitrogen and oxygen atoms in total. The van der Waals surface area contributed by atoms with E-state index in [4.69, 9.17) is 11.3 Å². The van der Waals surface area contributed by atoms with E-state index in [-0.39, 0.29) is 5.78 Å². The van der Waals surface area contributed by atoms with Crippen molar-refractivity contribution in [2.45, 2.75) is 50.8 Å². The number of ketones is 1. The van der Waals surface area contributed by atoms with Crippen LogP contribution in [0.1, 0.15) is 87.2 Å². The molecule has 1 amide bonds. The Morgan fingerprint density at radius 1 is 0.884 bits per heavy atom. The van der Waals surface area contributed by atoms with E-state index in [1.54, 1.807) is 24.3 Å². The zero-order chi connectivity index (χ0) is 29.9. The van der Waals surface area contributed by atoms with Crippen LogP contribution in [0.4, 0.5) is 5.69 Å². The third kappa shape index (κ3) is 5.61. The summed E-state index contributed by atoms with van der Waals surface area (Å²) in [5, 5.41) is 15.0. The number of carbonyl (C=O) groups excluding carboxylic acids is 2. The second kappa shape index (κ2) is 12.1. The number of aliphatic hydroxyl groups excluding tert-OH is 1. The number of rotatable bonds is 7. The first-order chi connectivity index (χ1) is 20.9. The van der Waals surface area contributed by atoms with Gasteiger partial charge < -0.3 is 15.7 Å². The van der Waals surface area contributed by atoms with Gasteiger partial charge in [-0.3, -0.25) is 9.59 Å². The van der Waals surface area contributed by atoms with Gasteiger partial charge in [-0.25, -0.2) is 5.53 Å². The van der Waals surface area contributed by atoms with E-state index in [2.05, 4.69) is 34.4 Å². The molecule has 0 heterocycles. The van der Waals surface area contributed by atoms with Crippen LogP contribution in [0.5, 0.6) is 0 Å². The van der Waals surface area contributed by atoms with Crippen LogP contribution in [-0.2, 0) is 6.54 Å². The molecule has 1 unspecified atom stereocenters. The molecule has 0 radical (unpaired) electrons. The van der Waals surface area contributed by atoms with E-state index in [1.165, 1.54) is 37.7 Å². The van der Waals surface area contributed by atoms with Crippen LogP contribution in [0.15, 0.2) is 101 Å². The Labute approximate surface area is 250 Å². The highest BCUT2D eigenvalue weighted by atomic mass is 16.3. The maximum Gasteiger partial charge on any atom is 0.280 e. The zero-order valence-corrected chi connectivity index (χ0v) is 23.7. The fourth-order valence-electron chi connectivity index (χ4n) is 6.32. The maximum atomic E-state index is 13.2. The zero-order valence-electron chi connectivity index (χ0n) is 23.7. The van der Waals surface area contributed by atoms with Crippen LogP contribution in [0, 0.1) is 5.53 Å². The molecule has 4 N–H and O–H groups in total. The van der Waals surface area contributed by atoms with Gasteiger partial charge in [0.2, 0.25) is 5.96 Å². The molecule has 1 fully saturated rings. The number of anilines is 1. The van der Waals surface area contributed by atoms with E-state index in [0.717, 1.165) is 22.4 Å². The van der Waals surface area contributed by atoms with Crippen molar-refractivity contribution in [2.24, 2.45) is 15.8 Å². The fraction of sp³-hybridized carbons (Fsp3) is 0.229. The second-order valence-electron chi connectivity index (χ2n) is 11.2. The van der Waals surface area contributed by atoms with Gasteiger partial charge in [-0.15, -0.1) is 5.11 Å². The lowest BCUT2D eigenvalue weighted by atomic mass is 9.84. The van der Waals surface area contributed by atoms with Crippen molar-refractivity contribution >= 4 is 23.3 Å². The molecule has 4 aromatic carbocycles. The number of guanidine groups is 1. The first-order valence-corrected chi connectivity index (χ1v) is 14.6. The average molecular weight is 572 g/mol. The number of benzene rings is 4. The van der Waals surface area contributed by atoms with Gasteiger partial charge in [0.15, 0.2) is 12.0 Å². The predicted octanol–water partition coefficient (Wildman–Crippen LogP) is 7.13. The molecule has 1 atom stereocenters. The van der Waals surface area contributed by atoms with Crippen LogP contribution in [0.3, 0.4) is 0 Å². The summed E-state index contributed by atoms with van der Waals surface area (Å²) in [4.78, 5) is 31.1. The highest BCUT2D eigenvalue weighted by Gasteiger charge is 2.32. The topological polar surface area (TPSA) is 132 Å². The van der Waals surface area contributed by atoms with Gasteiger partial charge in [-0.2, -0.15) is 4.99 Å². The molecule has 0 saturated heterocycles. The molecule has 8 heteroatoms. The van der Waals surface area contributed by atoms with E-state index in [0.29, 0.717) is 34.7 Å².